The normalized spacial score (nSPS) is 19.5. The first-order valence-electron chi connectivity index (χ1n) is 13.0. The summed E-state index contributed by atoms with van der Waals surface area (Å²) in [7, 11) is -0.480. The Labute approximate surface area is 192 Å². The standard InChI is InChI=1S/C28H27BO2/c1-27(2)28(3,4)31-29(30-27)22-14-10-13-21(19-22)24-18-17-23(20-11-6-5-7-12-20)25-15-8-9-16-26(24)25/h5-19H,1-4H3/i5D,6D,7D,11D,12D. The molecule has 4 aromatic rings. The van der Waals surface area contributed by atoms with Crippen LogP contribution >= 0.6 is 0 Å². The highest BCUT2D eigenvalue weighted by atomic mass is 16.7. The Morgan fingerprint density at radius 3 is 1.87 bits per heavy atom. The van der Waals surface area contributed by atoms with Gasteiger partial charge in [0.1, 0.15) is 0 Å². The Kier molecular flexibility index (Phi) is 3.57. The molecule has 1 aliphatic rings. The Balaban J connectivity index is 1.66. The van der Waals surface area contributed by atoms with Crippen molar-refractivity contribution in [2.45, 2.75) is 38.9 Å². The third-order valence-electron chi connectivity index (χ3n) is 6.42. The van der Waals surface area contributed by atoms with Crippen LogP contribution in [0.4, 0.5) is 0 Å². The van der Waals surface area contributed by atoms with Gasteiger partial charge in [-0.15, -0.1) is 0 Å². The van der Waals surface area contributed by atoms with Gasteiger partial charge < -0.3 is 9.31 Å². The summed E-state index contributed by atoms with van der Waals surface area (Å²) in [5.41, 5.74) is 2.80. The molecule has 0 N–H and O–H groups in total. The van der Waals surface area contributed by atoms with E-state index >= 15 is 0 Å². The van der Waals surface area contributed by atoms with E-state index in [0.717, 1.165) is 27.4 Å². The minimum absolute atomic E-state index is 0.203. The van der Waals surface area contributed by atoms with Crippen molar-refractivity contribution in [3.63, 3.8) is 0 Å². The van der Waals surface area contributed by atoms with Crippen molar-refractivity contribution in [1.82, 2.24) is 0 Å². The van der Waals surface area contributed by atoms with Crippen LogP contribution in [0.1, 0.15) is 34.5 Å². The minimum atomic E-state index is -0.480. The van der Waals surface area contributed by atoms with Crippen LogP contribution in [0.5, 0.6) is 0 Å². The first-order valence-corrected chi connectivity index (χ1v) is 10.5. The molecule has 4 aromatic carbocycles. The van der Waals surface area contributed by atoms with Crippen LogP contribution in [-0.4, -0.2) is 18.3 Å². The lowest BCUT2D eigenvalue weighted by atomic mass is 9.77. The quantitative estimate of drug-likeness (QED) is 0.360. The zero-order valence-corrected chi connectivity index (χ0v) is 18.2. The van der Waals surface area contributed by atoms with E-state index in [0.29, 0.717) is 5.56 Å². The molecule has 0 aromatic heterocycles. The molecule has 0 radical (unpaired) electrons. The van der Waals surface area contributed by atoms with E-state index in [1.807, 2.05) is 82.3 Å². The molecule has 31 heavy (non-hydrogen) atoms. The summed E-state index contributed by atoms with van der Waals surface area (Å²) in [6, 6.07) is 18.1. The molecule has 1 fully saturated rings. The van der Waals surface area contributed by atoms with Crippen LogP contribution in [0.25, 0.3) is 33.0 Å². The van der Waals surface area contributed by atoms with Crippen LogP contribution in [0, 0.1) is 0 Å². The number of rotatable bonds is 3. The minimum Gasteiger partial charge on any atom is -0.399 e. The van der Waals surface area contributed by atoms with Crippen molar-refractivity contribution in [1.29, 1.82) is 0 Å². The van der Waals surface area contributed by atoms with Gasteiger partial charge >= 0.3 is 7.12 Å². The lowest BCUT2D eigenvalue weighted by Crippen LogP contribution is -2.41. The fourth-order valence-corrected chi connectivity index (χ4v) is 3.99. The summed E-state index contributed by atoms with van der Waals surface area (Å²) >= 11 is 0. The second-order valence-corrected chi connectivity index (χ2v) is 8.92. The van der Waals surface area contributed by atoms with E-state index in [1.54, 1.807) is 0 Å². The van der Waals surface area contributed by atoms with Crippen molar-refractivity contribution in [3.8, 4) is 22.3 Å². The third kappa shape index (κ3) is 3.48. The van der Waals surface area contributed by atoms with Gasteiger partial charge in [0.05, 0.1) is 18.1 Å². The van der Waals surface area contributed by atoms with Gasteiger partial charge in [-0.1, -0.05) is 90.9 Å². The molecule has 1 aliphatic heterocycles. The van der Waals surface area contributed by atoms with Gasteiger partial charge in [-0.05, 0) is 66.2 Å². The van der Waals surface area contributed by atoms with Crippen LogP contribution in [0.15, 0.2) is 90.9 Å². The summed E-state index contributed by atoms with van der Waals surface area (Å²) < 4.78 is 53.5. The molecular formula is C28H27BO2. The highest BCUT2D eigenvalue weighted by Crippen LogP contribution is 2.38. The molecule has 2 nitrogen and oxygen atoms in total. The highest BCUT2D eigenvalue weighted by Gasteiger charge is 2.51. The first-order chi connectivity index (χ1) is 16.9. The lowest BCUT2D eigenvalue weighted by Gasteiger charge is -2.32. The number of hydrogen-bond acceptors (Lipinski definition) is 2. The van der Waals surface area contributed by atoms with Gasteiger partial charge in [-0.2, -0.15) is 0 Å². The summed E-state index contributed by atoms with van der Waals surface area (Å²) in [4.78, 5) is 0. The van der Waals surface area contributed by atoms with Crippen LogP contribution in [-0.2, 0) is 9.31 Å². The molecule has 0 saturated carbocycles. The van der Waals surface area contributed by atoms with Crippen molar-refractivity contribution in [2.75, 3.05) is 0 Å². The van der Waals surface area contributed by atoms with E-state index in [9.17, 15) is 0 Å². The molecule has 1 heterocycles. The smallest absolute Gasteiger partial charge is 0.399 e. The summed E-state index contributed by atoms with van der Waals surface area (Å²) in [6.07, 6.45) is 0. The summed E-state index contributed by atoms with van der Waals surface area (Å²) in [6.45, 7) is 8.12. The van der Waals surface area contributed by atoms with Gasteiger partial charge in [-0.3, -0.25) is 0 Å². The van der Waals surface area contributed by atoms with Gasteiger partial charge in [0.2, 0.25) is 0 Å². The molecule has 0 aliphatic carbocycles. The van der Waals surface area contributed by atoms with Gasteiger partial charge in [-0.25, -0.2) is 0 Å². The van der Waals surface area contributed by atoms with E-state index in [4.69, 9.17) is 16.2 Å². The largest absolute Gasteiger partial charge is 0.494 e. The van der Waals surface area contributed by atoms with Crippen molar-refractivity contribution >= 4 is 23.4 Å². The first kappa shape index (κ1) is 15.0. The van der Waals surface area contributed by atoms with Crippen LogP contribution in [0.2, 0.25) is 0 Å². The molecule has 0 spiro atoms. The van der Waals surface area contributed by atoms with Crippen molar-refractivity contribution in [2.24, 2.45) is 0 Å². The summed E-state index contributed by atoms with van der Waals surface area (Å²) in [5, 5.41) is 1.74. The van der Waals surface area contributed by atoms with Gasteiger partial charge in [0.25, 0.3) is 0 Å². The zero-order chi connectivity index (χ0) is 26.0. The number of benzene rings is 4. The predicted octanol–water partition coefficient (Wildman–Crippen LogP) is 6.47. The Bertz CT molecular complexity index is 1470. The fourth-order valence-electron chi connectivity index (χ4n) is 3.99. The highest BCUT2D eigenvalue weighted by molar-refractivity contribution is 6.62. The van der Waals surface area contributed by atoms with E-state index in [1.165, 1.54) is 0 Å². The molecule has 3 heteroatoms. The van der Waals surface area contributed by atoms with Crippen LogP contribution in [0.3, 0.4) is 0 Å². The van der Waals surface area contributed by atoms with Gasteiger partial charge in [0, 0.05) is 0 Å². The monoisotopic (exact) mass is 411 g/mol. The Morgan fingerprint density at radius 1 is 0.677 bits per heavy atom. The average Bonchev–Trinajstić information content (AvgIpc) is 3.08. The predicted molar refractivity (Wildman–Crippen MR) is 131 cm³/mol. The summed E-state index contributed by atoms with van der Waals surface area (Å²) in [5.74, 6) is 0. The molecule has 0 bridgehead atoms. The average molecular weight is 411 g/mol. The van der Waals surface area contributed by atoms with Gasteiger partial charge in [0.15, 0.2) is 0 Å². The maximum absolute atomic E-state index is 8.45. The molecule has 154 valence electrons. The molecule has 0 atom stereocenters. The molecular weight excluding hydrogens is 379 g/mol. The maximum atomic E-state index is 8.45. The Hall–Kier alpha value is -2.88. The van der Waals surface area contributed by atoms with Crippen molar-refractivity contribution in [3.05, 3.63) is 90.9 Å². The SMILES string of the molecule is [2H]c1c([2H])c([2H])c(-c2ccc(-c3cccc(B4OC(C)(C)C(C)(C)O4)c3)c3ccccc23)c([2H])c1[2H]. The van der Waals surface area contributed by atoms with Crippen LogP contribution < -0.4 is 5.46 Å². The lowest BCUT2D eigenvalue weighted by molar-refractivity contribution is 0.00578. The molecule has 1 saturated heterocycles. The van der Waals surface area contributed by atoms with E-state index in [-0.39, 0.29) is 29.7 Å². The third-order valence-corrected chi connectivity index (χ3v) is 6.42. The fraction of sp³-hybridized carbons (Fsp3) is 0.214. The second kappa shape index (κ2) is 7.37. The topological polar surface area (TPSA) is 18.5 Å². The van der Waals surface area contributed by atoms with E-state index < -0.39 is 24.4 Å². The molecule has 5 rings (SSSR count). The van der Waals surface area contributed by atoms with Crippen molar-refractivity contribution < 1.29 is 16.2 Å². The molecule has 0 amide bonds. The number of hydrogen-bond donors (Lipinski definition) is 0. The second-order valence-electron chi connectivity index (χ2n) is 8.92. The molecule has 0 unspecified atom stereocenters. The van der Waals surface area contributed by atoms with E-state index in [2.05, 4.69) is 6.07 Å². The number of fused-ring (bicyclic) bond motifs is 1. The Morgan fingerprint density at radius 2 is 1.26 bits per heavy atom. The maximum Gasteiger partial charge on any atom is 0.494 e. The zero-order valence-electron chi connectivity index (χ0n) is 23.2.